The fraction of sp³-hybridized carbons (Fsp3) is 0.750. The maximum atomic E-state index is 13.0. The Hall–Kier alpha value is -2.03. The molecule has 9 heteroatoms. The van der Waals surface area contributed by atoms with E-state index in [1.807, 2.05) is 0 Å². The molecule has 2 aliphatic rings. The van der Waals surface area contributed by atoms with Gasteiger partial charge in [0.05, 0.1) is 0 Å². The minimum absolute atomic E-state index is 0.100. The molecule has 1 aromatic heterocycles. The minimum atomic E-state index is -2.70. The number of hydrogen-bond acceptors (Lipinski definition) is 4. The van der Waals surface area contributed by atoms with Crippen molar-refractivity contribution in [3.8, 4) is 0 Å². The van der Waals surface area contributed by atoms with Gasteiger partial charge in [-0.25, -0.2) is 8.78 Å². The van der Waals surface area contributed by atoms with Gasteiger partial charge in [0.25, 0.3) is 12.3 Å². The molecule has 3 rings (SSSR count). The molecule has 2 saturated heterocycles. The molecule has 1 N–H and O–H groups in total. The van der Waals surface area contributed by atoms with Crippen LogP contribution in [0.3, 0.4) is 0 Å². The van der Waals surface area contributed by atoms with E-state index in [0.29, 0.717) is 26.1 Å². The molecule has 2 fully saturated rings. The summed E-state index contributed by atoms with van der Waals surface area (Å²) in [5.74, 6) is -0.163. The van der Waals surface area contributed by atoms with Crippen LogP contribution >= 0.6 is 0 Å². The van der Waals surface area contributed by atoms with E-state index in [2.05, 4.69) is 15.3 Å². The predicted molar refractivity (Wildman–Crippen MR) is 105 cm³/mol. The first kappa shape index (κ1) is 21.7. The number of hydrogen-bond donors (Lipinski definition) is 1. The van der Waals surface area contributed by atoms with Crippen LogP contribution in [0, 0.1) is 0 Å². The van der Waals surface area contributed by atoms with Gasteiger partial charge in [0.2, 0.25) is 5.91 Å². The van der Waals surface area contributed by atoms with Gasteiger partial charge in [0, 0.05) is 45.7 Å². The van der Waals surface area contributed by atoms with E-state index in [4.69, 9.17) is 0 Å². The number of amides is 2. The second-order valence-corrected chi connectivity index (χ2v) is 7.97. The number of carbonyl (C=O) groups excluding carboxylic acids is 2. The Bertz CT molecular complexity index is 709. The third-order valence-corrected chi connectivity index (χ3v) is 5.85. The standard InChI is InChI=1S/C20H31F2N5O2/c1-25-17(14-16(24-25)19(21)22)20(29)27-10-5-3-8-23-18(28)13-15-7-2-4-9-26(15)11-6-12-27/h14-15,19H,2-13H2,1H3,(H,23,28). The van der Waals surface area contributed by atoms with Crippen LogP contribution in [0.2, 0.25) is 0 Å². The Balaban J connectivity index is 1.70. The Morgan fingerprint density at radius 2 is 1.86 bits per heavy atom. The Morgan fingerprint density at radius 1 is 1.14 bits per heavy atom. The number of fused-ring (bicyclic) bond motifs is 1. The van der Waals surface area contributed by atoms with Crippen LogP contribution in [0.4, 0.5) is 8.78 Å². The molecule has 1 aromatic rings. The SMILES string of the molecule is Cn1nc(C(F)F)cc1C(=O)N1CCCCNC(=O)CC2CCCCN2CCC1. The zero-order valence-corrected chi connectivity index (χ0v) is 17.1. The summed E-state index contributed by atoms with van der Waals surface area (Å²) in [6.45, 7) is 3.50. The Kier molecular flexibility index (Phi) is 7.57. The molecule has 0 saturated carbocycles. The molecule has 29 heavy (non-hydrogen) atoms. The summed E-state index contributed by atoms with van der Waals surface area (Å²) < 4.78 is 27.2. The van der Waals surface area contributed by atoms with Crippen molar-refractivity contribution in [2.45, 2.75) is 57.4 Å². The largest absolute Gasteiger partial charge is 0.356 e. The maximum absolute atomic E-state index is 13.0. The number of piperidine rings is 1. The van der Waals surface area contributed by atoms with Crippen molar-refractivity contribution >= 4 is 11.8 Å². The number of halogens is 2. The van der Waals surface area contributed by atoms with Crippen molar-refractivity contribution in [3.63, 3.8) is 0 Å². The smallest absolute Gasteiger partial charge is 0.282 e. The van der Waals surface area contributed by atoms with Crippen LogP contribution in [0.5, 0.6) is 0 Å². The highest BCUT2D eigenvalue weighted by molar-refractivity contribution is 5.92. The van der Waals surface area contributed by atoms with Gasteiger partial charge in [-0.1, -0.05) is 6.42 Å². The lowest BCUT2D eigenvalue weighted by molar-refractivity contribution is -0.122. The van der Waals surface area contributed by atoms with Crippen molar-refractivity contribution in [1.82, 2.24) is 24.9 Å². The number of aryl methyl sites for hydroxylation is 1. The van der Waals surface area contributed by atoms with E-state index in [0.717, 1.165) is 51.6 Å². The summed E-state index contributed by atoms with van der Waals surface area (Å²) in [6, 6.07) is 1.45. The quantitative estimate of drug-likeness (QED) is 0.811. The van der Waals surface area contributed by atoms with Crippen molar-refractivity contribution in [3.05, 3.63) is 17.5 Å². The minimum Gasteiger partial charge on any atom is -0.356 e. The van der Waals surface area contributed by atoms with Gasteiger partial charge in [-0.15, -0.1) is 0 Å². The van der Waals surface area contributed by atoms with Gasteiger partial charge in [0.1, 0.15) is 11.4 Å². The molecule has 1 unspecified atom stereocenters. The summed E-state index contributed by atoms with van der Waals surface area (Å²) in [6.07, 6.45) is 3.46. The zero-order chi connectivity index (χ0) is 20.8. The summed E-state index contributed by atoms with van der Waals surface area (Å²) in [7, 11) is 1.52. The average Bonchev–Trinajstić information content (AvgIpc) is 3.09. The first-order chi connectivity index (χ1) is 14.0. The highest BCUT2D eigenvalue weighted by atomic mass is 19.3. The van der Waals surface area contributed by atoms with Crippen LogP contribution in [-0.2, 0) is 11.8 Å². The van der Waals surface area contributed by atoms with Gasteiger partial charge < -0.3 is 10.2 Å². The van der Waals surface area contributed by atoms with E-state index < -0.39 is 6.43 Å². The van der Waals surface area contributed by atoms with Crippen molar-refractivity contribution in [2.24, 2.45) is 7.05 Å². The molecule has 1 atom stereocenters. The highest BCUT2D eigenvalue weighted by Gasteiger charge is 2.26. The van der Waals surface area contributed by atoms with Crippen molar-refractivity contribution in [1.29, 1.82) is 0 Å². The zero-order valence-electron chi connectivity index (χ0n) is 17.1. The van der Waals surface area contributed by atoms with Crippen molar-refractivity contribution < 1.29 is 18.4 Å². The number of alkyl halides is 2. The number of nitrogens with zero attached hydrogens (tertiary/aromatic N) is 4. The molecular formula is C20H31F2N5O2. The summed E-state index contributed by atoms with van der Waals surface area (Å²) in [4.78, 5) is 29.3. The van der Waals surface area contributed by atoms with Gasteiger partial charge in [-0.05, 0) is 44.7 Å². The van der Waals surface area contributed by atoms with Crippen LogP contribution < -0.4 is 5.32 Å². The molecule has 2 aliphatic heterocycles. The molecule has 162 valence electrons. The number of rotatable bonds is 2. The topological polar surface area (TPSA) is 70.5 Å². The van der Waals surface area contributed by atoms with Gasteiger partial charge in [0.15, 0.2) is 0 Å². The van der Waals surface area contributed by atoms with Gasteiger partial charge in [-0.3, -0.25) is 19.2 Å². The number of nitrogens with one attached hydrogen (secondary N) is 1. The average molecular weight is 411 g/mol. The fourth-order valence-electron chi connectivity index (χ4n) is 4.26. The molecule has 0 aliphatic carbocycles. The van der Waals surface area contributed by atoms with E-state index in [1.54, 1.807) is 4.90 Å². The van der Waals surface area contributed by atoms with Crippen LogP contribution in [0.25, 0.3) is 0 Å². The maximum Gasteiger partial charge on any atom is 0.282 e. The number of aromatic nitrogens is 2. The van der Waals surface area contributed by atoms with Gasteiger partial charge in [-0.2, -0.15) is 5.10 Å². The first-order valence-electron chi connectivity index (χ1n) is 10.6. The van der Waals surface area contributed by atoms with Crippen LogP contribution in [-0.4, -0.2) is 70.2 Å². The second-order valence-electron chi connectivity index (χ2n) is 7.97. The predicted octanol–water partition coefficient (Wildman–Crippen LogP) is 2.34. The van der Waals surface area contributed by atoms with E-state index in [1.165, 1.54) is 17.8 Å². The molecule has 0 bridgehead atoms. The molecule has 3 heterocycles. The lowest BCUT2D eigenvalue weighted by Crippen LogP contribution is -2.44. The Morgan fingerprint density at radius 3 is 2.62 bits per heavy atom. The summed E-state index contributed by atoms with van der Waals surface area (Å²) in [5, 5.41) is 6.76. The molecule has 7 nitrogen and oxygen atoms in total. The molecular weight excluding hydrogens is 380 g/mol. The molecule has 0 spiro atoms. The van der Waals surface area contributed by atoms with Crippen molar-refractivity contribution in [2.75, 3.05) is 32.7 Å². The van der Waals surface area contributed by atoms with E-state index in [9.17, 15) is 18.4 Å². The highest BCUT2D eigenvalue weighted by Crippen LogP contribution is 2.21. The molecule has 2 amide bonds. The second kappa shape index (κ2) is 10.1. The molecule has 0 aromatic carbocycles. The van der Waals surface area contributed by atoms with E-state index in [-0.39, 0.29) is 29.2 Å². The summed E-state index contributed by atoms with van der Waals surface area (Å²) >= 11 is 0. The fourth-order valence-corrected chi connectivity index (χ4v) is 4.26. The van der Waals surface area contributed by atoms with E-state index >= 15 is 0 Å². The Labute approximate surface area is 170 Å². The van der Waals surface area contributed by atoms with Crippen LogP contribution in [0.1, 0.15) is 67.6 Å². The number of carbonyl (C=O) groups is 2. The van der Waals surface area contributed by atoms with Crippen LogP contribution in [0.15, 0.2) is 6.07 Å². The lowest BCUT2D eigenvalue weighted by atomic mass is 9.98. The molecule has 0 radical (unpaired) electrons. The normalized spacial score (nSPS) is 23.0. The monoisotopic (exact) mass is 411 g/mol. The lowest BCUT2D eigenvalue weighted by Gasteiger charge is -2.35. The third kappa shape index (κ3) is 5.74. The summed E-state index contributed by atoms with van der Waals surface area (Å²) in [5.41, 5.74) is -0.186. The third-order valence-electron chi connectivity index (χ3n) is 5.85. The first-order valence-corrected chi connectivity index (χ1v) is 10.6. The van der Waals surface area contributed by atoms with Gasteiger partial charge >= 0.3 is 0 Å².